The Hall–Kier alpha value is -7.44. The first kappa shape index (κ1) is 44.7. The topological polar surface area (TPSA) is 261 Å². The molecule has 0 radical (unpaired) electrons. The van der Waals surface area contributed by atoms with Crippen LogP contribution in [0.4, 0.5) is 5.69 Å². The fourth-order valence-electron chi connectivity index (χ4n) is 6.06. The molecule has 17 nitrogen and oxygen atoms in total. The zero-order valence-electron chi connectivity index (χ0n) is 33.5. The normalized spacial score (nSPS) is 13.0. The van der Waals surface area contributed by atoms with Crippen molar-refractivity contribution in [2.24, 2.45) is 28.1 Å². The van der Waals surface area contributed by atoms with Gasteiger partial charge in [0.05, 0.1) is 11.9 Å². The molecule has 0 bridgehead atoms. The molecule has 61 heavy (non-hydrogen) atoms. The molecule has 4 amide bonds. The number of nitrogens with zero attached hydrogens (tertiary/aromatic N) is 4. The zero-order valence-corrected chi connectivity index (χ0v) is 34.4. The molecule has 0 saturated heterocycles. The summed E-state index contributed by atoms with van der Waals surface area (Å²) in [6.07, 6.45) is 6.78. The number of hydrogen-bond donors (Lipinski definition) is 6. The van der Waals surface area contributed by atoms with E-state index in [1.54, 1.807) is 109 Å². The van der Waals surface area contributed by atoms with E-state index >= 15 is 4.57 Å². The second kappa shape index (κ2) is 21.0. The van der Waals surface area contributed by atoms with Crippen molar-refractivity contribution in [1.29, 1.82) is 0 Å². The summed E-state index contributed by atoms with van der Waals surface area (Å²) in [6, 6.07) is 28.5. The van der Waals surface area contributed by atoms with Crippen LogP contribution in [-0.2, 0) is 25.4 Å². The average Bonchev–Trinajstić information content (AvgIpc) is 3.73. The van der Waals surface area contributed by atoms with Gasteiger partial charge < -0.3 is 42.2 Å². The standard InChI is InChI=1S/C43H47N10O7P/c1-4-14-34(38(44)54)48-39(55)35(25-28(2)3)49-41(57)37(26-29-15-8-5-9-16-29)53-27-36(51-52-53)40(56)50-42(30-21-23-31(24-22-30)47-43(45)46)61(58,59-32-17-10-6-11-18-32)60-33-19-12-7-13-20-33/h1,5-13,15-24,27-28,34-35,37,42H,14,25-26H2,2-3H3,(H2,44,54)(H,48,55)(H,49,57)(H,50,56)(H4,45,46,47)/t34-,35-,37-,42?/m1/s1. The van der Waals surface area contributed by atoms with E-state index < -0.39 is 55.1 Å². The predicted molar refractivity (Wildman–Crippen MR) is 229 cm³/mol. The van der Waals surface area contributed by atoms with Gasteiger partial charge >= 0.3 is 7.60 Å². The van der Waals surface area contributed by atoms with E-state index in [2.05, 4.69) is 37.2 Å². The van der Waals surface area contributed by atoms with Crippen LogP contribution in [0.15, 0.2) is 126 Å². The maximum atomic E-state index is 15.2. The Morgan fingerprint density at radius 2 is 1.34 bits per heavy atom. The van der Waals surface area contributed by atoms with E-state index in [-0.39, 0.29) is 48.3 Å². The minimum absolute atomic E-state index is 0.0617. The third-order valence-corrected chi connectivity index (χ3v) is 11.0. The molecule has 1 heterocycles. The summed E-state index contributed by atoms with van der Waals surface area (Å²) < 4.78 is 28.6. The minimum atomic E-state index is -4.46. The molecule has 316 valence electrons. The smallest absolute Gasteiger partial charge is 0.414 e. The monoisotopic (exact) mass is 846 g/mol. The molecule has 0 saturated carbocycles. The quantitative estimate of drug-likeness (QED) is 0.0279. The number of amides is 4. The van der Waals surface area contributed by atoms with Gasteiger partial charge in [-0.25, -0.2) is 14.2 Å². The summed E-state index contributed by atoms with van der Waals surface area (Å²) in [5.74, 6) is -1.95. The zero-order chi connectivity index (χ0) is 43.9. The number of carbonyl (C=O) groups excluding carboxylic acids is 4. The Morgan fingerprint density at radius 3 is 1.87 bits per heavy atom. The first-order valence-electron chi connectivity index (χ1n) is 19.1. The summed E-state index contributed by atoms with van der Waals surface area (Å²) in [5.41, 5.74) is 17.8. The van der Waals surface area contributed by atoms with E-state index in [9.17, 15) is 19.2 Å². The molecule has 0 fully saturated rings. The van der Waals surface area contributed by atoms with Crippen LogP contribution >= 0.6 is 7.60 Å². The number of aliphatic imine (C=N–C) groups is 1. The summed E-state index contributed by atoms with van der Waals surface area (Å²) >= 11 is 0. The van der Waals surface area contributed by atoms with Gasteiger partial charge in [0, 0.05) is 12.8 Å². The third-order valence-electron chi connectivity index (χ3n) is 8.96. The maximum Gasteiger partial charge on any atom is 0.457 e. The number of para-hydroxylation sites is 2. The molecule has 5 rings (SSSR count). The number of rotatable bonds is 20. The Balaban J connectivity index is 1.50. The van der Waals surface area contributed by atoms with Crippen molar-refractivity contribution in [3.05, 3.63) is 138 Å². The fourth-order valence-corrected chi connectivity index (χ4v) is 7.96. The molecule has 1 unspecified atom stereocenters. The summed E-state index contributed by atoms with van der Waals surface area (Å²) in [6.45, 7) is 3.73. The lowest BCUT2D eigenvalue weighted by Crippen LogP contribution is -2.54. The van der Waals surface area contributed by atoms with Crippen LogP contribution < -0.4 is 42.2 Å². The number of guanidine groups is 1. The Labute approximate surface area is 353 Å². The second-order valence-corrected chi connectivity index (χ2v) is 16.2. The second-order valence-electron chi connectivity index (χ2n) is 14.2. The molecule has 4 atom stereocenters. The van der Waals surface area contributed by atoms with Gasteiger partial charge in [0.15, 0.2) is 17.4 Å². The highest BCUT2D eigenvalue weighted by Crippen LogP contribution is 2.59. The van der Waals surface area contributed by atoms with Crippen molar-refractivity contribution >= 4 is 42.9 Å². The summed E-state index contributed by atoms with van der Waals surface area (Å²) in [7, 11) is -4.46. The van der Waals surface area contributed by atoms with E-state index in [0.717, 1.165) is 5.56 Å². The number of carbonyl (C=O) groups is 4. The molecule has 9 N–H and O–H groups in total. The van der Waals surface area contributed by atoms with E-state index in [1.807, 2.05) is 19.9 Å². The van der Waals surface area contributed by atoms with Crippen molar-refractivity contribution in [3.8, 4) is 23.8 Å². The Bertz CT molecular complexity index is 2340. The fraction of sp³-hybridized carbons (Fsp3) is 0.233. The van der Waals surface area contributed by atoms with Gasteiger partial charge in [-0.2, -0.15) is 0 Å². The average molecular weight is 847 g/mol. The molecule has 0 aliphatic carbocycles. The predicted octanol–water partition coefficient (Wildman–Crippen LogP) is 4.27. The Kier molecular flexibility index (Phi) is 15.4. The number of nitrogens with one attached hydrogen (secondary N) is 3. The van der Waals surface area contributed by atoms with Gasteiger partial charge in [0.2, 0.25) is 17.7 Å². The van der Waals surface area contributed by atoms with E-state index in [4.69, 9.17) is 32.7 Å². The third kappa shape index (κ3) is 12.8. The molecule has 0 aliphatic rings. The highest BCUT2D eigenvalue weighted by atomic mass is 31.2. The number of nitrogens with two attached hydrogens (primary N) is 3. The number of hydrogen-bond acceptors (Lipinski definition) is 10. The van der Waals surface area contributed by atoms with Gasteiger partial charge in [-0.3, -0.25) is 19.2 Å². The molecule has 0 spiro atoms. The highest BCUT2D eigenvalue weighted by molar-refractivity contribution is 7.55. The van der Waals surface area contributed by atoms with Gasteiger partial charge in [-0.05, 0) is 59.9 Å². The first-order valence-corrected chi connectivity index (χ1v) is 20.7. The van der Waals surface area contributed by atoms with Gasteiger partial charge in [-0.1, -0.05) is 97.9 Å². The Morgan fingerprint density at radius 1 is 0.787 bits per heavy atom. The molecule has 18 heteroatoms. The molecule has 4 aromatic carbocycles. The van der Waals surface area contributed by atoms with Crippen LogP contribution in [0.25, 0.3) is 0 Å². The maximum absolute atomic E-state index is 15.2. The van der Waals surface area contributed by atoms with Crippen molar-refractivity contribution in [2.45, 2.75) is 57.0 Å². The molecule has 5 aromatic rings. The lowest BCUT2D eigenvalue weighted by atomic mass is 10.0. The first-order chi connectivity index (χ1) is 29.2. The summed E-state index contributed by atoms with van der Waals surface area (Å²) in [4.78, 5) is 57.9. The lowest BCUT2D eigenvalue weighted by Gasteiger charge is -2.28. The van der Waals surface area contributed by atoms with Crippen molar-refractivity contribution in [1.82, 2.24) is 30.9 Å². The van der Waals surface area contributed by atoms with Crippen LogP contribution in [0.3, 0.4) is 0 Å². The molecular formula is C43H47N10O7P. The number of primary amides is 1. The van der Waals surface area contributed by atoms with E-state index in [1.165, 1.54) is 10.9 Å². The lowest BCUT2D eigenvalue weighted by molar-refractivity contribution is -0.132. The highest BCUT2D eigenvalue weighted by Gasteiger charge is 2.43. The van der Waals surface area contributed by atoms with Crippen LogP contribution in [-0.4, -0.2) is 56.7 Å². The molecule has 1 aromatic heterocycles. The van der Waals surface area contributed by atoms with Crippen LogP contribution in [0.1, 0.15) is 60.1 Å². The minimum Gasteiger partial charge on any atom is -0.414 e. The van der Waals surface area contributed by atoms with Crippen molar-refractivity contribution in [3.63, 3.8) is 0 Å². The number of benzene rings is 4. The molecular weight excluding hydrogens is 800 g/mol. The number of aromatic nitrogens is 3. The van der Waals surface area contributed by atoms with E-state index in [0.29, 0.717) is 11.3 Å². The summed E-state index contributed by atoms with van der Waals surface area (Å²) in [5, 5.41) is 16.4. The van der Waals surface area contributed by atoms with Gasteiger partial charge in [0.1, 0.15) is 29.6 Å². The molecule has 0 aliphatic heterocycles. The van der Waals surface area contributed by atoms with Gasteiger partial charge in [0.25, 0.3) is 5.91 Å². The largest absolute Gasteiger partial charge is 0.457 e. The van der Waals surface area contributed by atoms with Gasteiger partial charge in [-0.15, -0.1) is 17.4 Å². The SMILES string of the molecule is C#CC[C@@H](NC(=O)[C@@H](CC(C)C)NC(=O)[C@@H](Cc1ccccc1)n1cc(C(=O)NC(c2ccc(N=C(N)N)cc2)P(=O)(Oc2ccccc2)Oc2ccccc2)nn1)C(N)=O. The van der Waals surface area contributed by atoms with Crippen molar-refractivity contribution < 1.29 is 32.8 Å². The van der Waals surface area contributed by atoms with Crippen molar-refractivity contribution in [2.75, 3.05) is 0 Å². The van der Waals surface area contributed by atoms with Crippen LogP contribution in [0.5, 0.6) is 11.5 Å². The van der Waals surface area contributed by atoms with Crippen LogP contribution in [0.2, 0.25) is 0 Å². The van der Waals surface area contributed by atoms with Crippen LogP contribution in [0, 0.1) is 18.3 Å². The number of terminal acetylenes is 1.